The van der Waals surface area contributed by atoms with Crippen LogP contribution in [0.3, 0.4) is 0 Å². The van der Waals surface area contributed by atoms with Gasteiger partial charge in [0.25, 0.3) is 11.8 Å². The molecule has 0 radical (unpaired) electrons. The molecule has 1 fully saturated rings. The number of anilines is 1. The predicted octanol–water partition coefficient (Wildman–Crippen LogP) is 4.20. The summed E-state index contributed by atoms with van der Waals surface area (Å²) >= 11 is 0. The Labute approximate surface area is 289 Å². The molecule has 0 atom stereocenters. The standard InChI is InChI=1S/C36H44N6O8/c1-2-3-11-28-40-33-34(41(28)22-24-9-4-10-27(43)35(24)48)25-21-23(14-15-26(25)39-36(33)37)8-6-19-49-20-7-18-38-29(44)12-5-13-32(47)50-42-30(45)16-17-31(42)46/h4,9-10,14-15,21,43,48H,2-3,5-8,11-13,16-20,22H2,1H3,(H2,37,39)(H,38,44). The third-order valence-corrected chi connectivity index (χ3v) is 8.55. The maximum atomic E-state index is 12.1. The van der Waals surface area contributed by atoms with Gasteiger partial charge in [-0.3, -0.25) is 14.4 Å². The Morgan fingerprint density at radius 1 is 0.960 bits per heavy atom. The number of nitrogens with two attached hydrogens (primary N) is 1. The molecule has 266 valence electrons. The summed E-state index contributed by atoms with van der Waals surface area (Å²) in [6.45, 7) is 3.89. The van der Waals surface area contributed by atoms with Gasteiger partial charge in [-0.05, 0) is 55.9 Å². The lowest BCUT2D eigenvalue weighted by molar-refractivity contribution is -0.197. The summed E-state index contributed by atoms with van der Waals surface area (Å²) in [5.41, 5.74) is 10.3. The molecule has 2 aromatic heterocycles. The van der Waals surface area contributed by atoms with E-state index >= 15 is 0 Å². The smallest absolute Gasteiger partial charge is 0.333 e. The number of nitrogen functional groups attached to an aromatic ring is 1. The van der Waals surface area contributed by atoms with E-state index in [0.29, 0.717) is 54.7 Å². The van der Waals surface area contributed by atoms with Crippen LogP contribution in [0.2, 0.25) is 0 Å². The van der Waals surface area contributed by atoms with E-state index in [4.69, 9.17) is 20.3 Å². The van der Waals surface area contributed by atoms with Crippen molar-refractivity contribution in [2.75, 3.05) is 25.5 Å². The molecule has 14 nitrogen and oxygen atoms in total. The monoisotopic (exact) mass is 688 g/mol. The predicted molar refractivity (Wildman–Crippen MR) is 185 cm³/mol. The molecule has 50 heavy (non-hydrogen) atoms. The zero-order chi connectivity index (χ0) is 35.6. The van der Waals surface area contributed by atoms with E-state index < -0.39 is 17.8 Å². The minimum absolute atomic E-state index is 0.0332. The number of imidazole rings is 1. The summed E-state index contributed by atoms with van der Waals surface area (Å²) in [5, 5.41) is 24.9. The van der Waals surface area contributed by atoms with Crippen LogP contribution in [0.4, 0.5) is 5.82 Å². The first-order valence-electron chi connectivity index (χ1n) is 17.1. The van der Waals surface area contributed by atoms with Crippen LogP contribution in [0.1, 0.15) is 81.7 Å². The van der Waals surface area contributed by atoms with Crippen LogP contribution < -0.4 is 11.1 Å². The number of nitrogens with zero attached hydrogens (tertiary/aromatic N) is 4. The minimum Gasteiger partial charge on any atom is -0.504 e. The summed E-state index contributed by atoms with van der Waals surface area (Å²) in [6.07, 6.45) is 5.20. The molecule has 0 bridgehead atoms. The third-order valence-electron chi connectivity index (χ3n) is 8.55. The molecule has 3 amide bonds. The van der Waals surface area contributed by atoms with Crippen LogP contribution in [0, 0.1) is 0 Å². The van der Waals surface area contributed by atoms with Crippen molar-refractivity contribution < 1.29 is 39.0 Å². The van der Waals surface area contributed by atoms with Crippen LogP contribution >= 0.6 is 0 Å². The summed E-state index contributed by atoms with van der Waals surface area (Å²) in [6, 6.07) is 11.0. The highest BCUT2D eigenvalue weighted by Crippen LogP contribution is 2.34. The van der Waals surface area contributed by atoms with Crippen molar-refractivity contribution >= 4 is 51.4 Å². The molecule has 2 aromatic carbocycles. The van der Waals surface area contributed by atoms with Gasteiger partial charge < -0.3 is 35.4 Å². The lowest BCUT2D eigenvalue weighted by Crippen LogP contribution is -2.32. The van der Waals surface area contributed by atoms with Crippen molar-refractivity contribution in [2.24, 2.45) is 0 Å². The number of para-hydroxylation sites is 1. The number of carbonyl (C=O) groups is 4. The topological polar surface area (TPSA) is 199 Å². The van der Waals surface area contributed by atoms with Crippen molar-refractivity contribution in [3.8, 4) is 11.5 Å². The van der Waals surface area contributed by atoms with Gasteiger partial charge in [0.2, 0.25) is 5.91 Å². The van der Waals surface area contributed by atoms with E-state index in [-0.39, 0.29) is 49.5 Å². The summed E-state index contributed by atoms with van der Waals surface area (Å²) in [5.74, 6) is -1.13. The van der Waals surface area contributed by atoms with Crippen molar-refractivity contribution in [3.63, 3.8) is 0 Å². The number of aromatic nitrogens is 3. The number of pyridine rings is 1. The Kier molecular flexibility index (Phi) is 12.2. The van der Waals surface area contributed by atoms with E-state index in [1.807, 2.05) is 12.1 Å². The van der Waals surface area contributed by atoms with Gasteiger partial charge in [-0.2, -0.15) is 0 Å². The Morgan fingerprint density at radius 2 is 1.74 bits per heavy atom. The number of benzene rings is 2. The zero-order valence-electron chi connectivity index (χ0n) is 28.3. The number of hydrogen-bond donors (Lipinski definition) is 4. The van der Waals surface area contributed by atoms with Crippen LogP contribution in [0.25, 0.3) is 21.9 Å². The van der Waals surface area contributed by atoms with Crippen molar-refractivity contribution in [1.82, 2.24) is 24.9 Å². The average molecular weight is 689 g/mol. The number of hydrogen-bond acceptors (Lipinski definition) is 11. The first kappa shape index (κ1) is 36.1. The molecule has 1 aliphatic heterocycles. The normalized spacial score (nSPS) is 13.1. The van der Waals surface area contributed by atoms with Crippen molar-refractivity contribution in [3.05, 3.63) is 53.3 Å². The fourth-order valence-corrected chi connectivity index (χ4v) is 5.90. The maximum absolute atomic E-state index is 12.1. The quantitative estimate of drug-likeness (QED) is 0.0664. The van der Waals surface area contributed by atoms with Crippen molar-refractivity contribution in [1.29, 1.82) is 0 Å². The molecule has 0 unspecified atom stereocenters. The van der Waals surface area contributed by atoms with Crippen LogP contribution in [-0.4, -0.2) is 73.3 Å². The second-order valence-corrected chi connectivity index (χ2v) is 12.4. The number of ether oxygens (including phenoxy) is 1. The SMILES string of the molecule is CCCCc1nc2c(N)nc3ccc(CCCOCCCNC(=O)CCCC(=O)ON4C(=O)CCC4=O)cc3c2n1Cc1cccc(O)c1O. The summed E-state index contributed by atoms with van der Waals surface area (Å²) < 4.78 is 7.86. The van der Waals surface area contributed by atoms with Crippen molar-refractivity contribution in [2.45, 2.75) is 84.1 Å². The molecule has 5 N–H and O–H groups in total. The Balaban J connectivity index is 1.09. The molecule has 5 rings (SSSR count). The number of rotatable bonds is 18. The molecule has 1 saturated heterocycles. The molecule has 1 aliphatic rings. The lowest BCUT2D eigenvalue weighted by atomic mass is 10.1. The number of unbranched alkanes of at least 4 members (excludes halogenated alkanes) is 1. The number of fused-ring (bicyclic) bond motifs is 3. The van der Waals surface area contributed by atoms with Gasteiger partial charge in [0.05, 0.1) is 17.6 Å². The molecule has 14 heteroatoms. The van der Waals surface area contributed by atoms with Gasteiger partial charge in [-0.25, -0.2) is 14.8 Å². The molecule has 0 aliphatic carbocycles. The molecular formula is C36H44N6O8. The number of aromatic hydroxyl groups is 2. The van der Waals surface area contributed by atoms with Crippen LogP contribution in [0.15, 0.2) is 36.4 Å². The molecule has 3 heterocycles. The number of amides is 3. The summed E-state index contributed by atoms with van der Waals surface area (Å²) in [4.78, 5) is 61.3. The van der Waals surface area contributed by atoms with E-state index in [9.17, 15) is 29.4 Å². The maximum Gasteiger partial charge on any atom is 0.333 e. The minimum atomic E-state index is -0.720. The number of carbonyl (C=O) groups excluding carboxylic acids is 4. The number of phenolic OH excluding ortho intramolecular Hbond substituents is 2. The second kappa shape index (κ2) is 16.9. The highest BCUT2D eigenvalue weighted by atomic mass is 16.7. The number of hydroxylamine groups is 2. The molecule has 0 spiro atoms. The number of phenols is 2. The van der Waals surface area contributed by atoms with Gasteiger partial charge in [-0.15, -0.1) is 5.06 Å². The number of aryl methyl sites for hydroxylation is 2. The van der Waals surface area contributed by atoms with E-state index in [0.717, 1.165) is 59.9 Å². The number of nitrogens with one attached hydrogen (secondary N) is 1. The van der Waals surface area contributed by atoms with E-state index in [1.165, 1.54) is 6.07 Å². The van der Waals surface area contributed by atoms with Gasteiger partial charge in [0.1, 0.15) is 11.3 Å². The largest absolute Gasteiger partial charge is 0.504 e. The number of imide groups is 1. The van der Waals surface area contributed by atoms with E-state index in [1.54, 1.807) is 12.1 Å². The Bertz CT molecular complexity index is 1860. The van der Waals surface area contributed by atoms with Crippen LogP contribution in [0.5, 0.6) is 11.5 Å². The van der Waals surface area contributed by atoms with Gasteiger partial charge in [-0.1, -0.05) is 31.5 Å². The highest BCUT2D eigenvalue weighted by Gasteiger charge is 2.32. The molecule has 4 aromatic rings. The van der Waals surface area contributed by atoms with E-state index in [2.05, 4.69) is 27.9 Å². The molecular weight excluding hydrogens is 644 g/mol. The Hall–Kier alpha value is -5.24. The zero-order valence-corrected chi connectivity index (χ0v) is 28.3. The summed E-state index contributed by atoms with van der Waals surface area (Å²) in [7, 11) is 0. The van der Waals surface area contributed by atoms with Gasteiger partial charge >= 0.3 is 5.97 Å². The van der Waals surface area contributed by atoms with Gasteiger partial charge in [0, 0.05) is 62.8 Å². The lowest BCUT2D eigenvalue weighted by Gasteiger charge is -2.13. The average Bonchev–Trinajstić information content (AvgIpc) is 3.62. The Morgan fingerprint density at radius 3 is 2.52 bits per heavy atom. The van der Waals surface area contributed by atoms with Crippen LogP contribution in [-0.2, 0) is 48.1 Å². The second-order valence-electron chi connectivity index (χ2n) is 12.4. The highest BCUT2D eigenvalue weighted by molar-refractivity contribution is 6.07. The molecule has 0 saturated carbocycles. The fraction of sp³-hybridized carbons (Fsp3) is 0.444. The fourth-order valence-electron chi connectivity index (χ4n) is 5.90. The third kappa shape index (κ3) is 8.86. The van der Waals surface area contributed by atoms with Gasteiger partial charge in [0.15, 0.2) is 17.3 Å². The first-order chi connectivity index (χ1) is 24.2. The first-order valence-corrected chi connectivity index (χ1v) is 17.1.